The lowest BCUT2D eigenvalue weighted by Crippen LogP contribution is -2.22. The Labute approximate surface area is 105 Å². The Morgan fingerprint density at radius 1 is 0.882 bits per heavy atom. The molecule has 0 aromatic heterocycles. The molecule has 17 heavy (non-hydrogen) atoms. The van der Waals surface area contributed by atoms with Gasteiger partial charge in [0.15, 0.2) is 0 Å². The van der Waals surface area contributed by atoms with Crippen molar-refractivity contribution in [2.24, 2.45) is 10.8 Å². The molecule has 0 aliphatic heterocycles. The number of carbonyl (C=O) groups excluding carboxylic acids is 2. The van der Waals surface area contributed by atoms with Crippen LogP contribution in [0.2, 0.25) is 0 Å². The number of hydrogen-bond acceptors (Lipinski definition) is 4. The topological polar surface area (TPSA) is 52.6 Å². The van der Waals surface area contributed by atoms with Gasteiger partial charge in [0, 0.05) is 0 Å². The molecule has 0 heterocycles. The van der Waals surface area contributed by atoms with Crippen molar-refractivity contribution in [3.8, 4) is 0 Å². The second kappa shape index (κ2) is 7.30. The van der Waals surface area contributed by atoms with E-state index in [-0.39, 0.29) is 22.8 Å². The predicted molar refractivity (Wildman–Crippen MR) is 67.6 cm³/mol. The fraction of sp³-hybridized carbons (Fsp3) is 0.846. The summed E-state index contributed by atoms with van der Waals surface area (Å²) in [6, 6.07) is 0. The Morgan fingerprint density at radius 2 is 1.24 bits per heavy atom. The molecule has 0 saturated heterocycles. The average Bonchev–Trinajstić information content (AvgIpc) is 2.15. The Kier molecular flexibility index (Phi) is 7.86. The Balaban J connectivity index is 0. The van der Waals surface area contributed by atoms with Crippen molar-refractivity contribution in [2.75, 3.05) is 13.7 Å². The van der Waals surface area contributed by atoms with Crippen LogP contribution in [0.3, 0.4) is 0 Å². The molecule has 0 aromatic rings. The molecule has 4 nitrogen and oxygen atoms in total. The second-order valence-corrected chi connectivity index (χ2v) is 5.71. The van der Waals surface area contributed by atoms with Crippen LogP contribution in [0.1, 0.15) is 48.5 Å². The van der Waals surface area contributed by atoms with Gasteiger partial charge < -0.3 is 9.47 Å². The minimum Gasteiger partial charge on any atom is -0.469 e. The fourth-order valence-electron chi connectivity index (χ4n) is 0.654. The van der Waals surface area contributed by atoms with Crippen molar-refractivity contribution in [2.45, 2.75) is 48.5 Å². The van der Waals surface area contributed by atoms with Gasteiger partial charge in [-0.1, -0.05) is 0 Å². The molecule has 0 bridgehead atoms. The smallest absolute Gasteiger partial charge is 0.311 e. The minimum absolute atomic E-state index is 0.134. The van der Waals surface area contributed by atoms with Gasteiger partial charge in [-0.3, -0.25) is 9.59 Å². The van der Waals surface area contributed by atoms with Gasteiger partial charge in [0.1, 0.15) is 0 Å². The van der Waals surface area contributed by atoms with Crippen LogP contribution in [-0.2, 0) is 19.1 Å². The van der Waals surface area contributed by atoms with Gasteiger partial charge >= 0.3 is 11.9 Å². The van der Waals surface area contributed by atoms with E-state index in [1.165, 1.54) is 7.11 Å². The highest BCUT2D eigenvalue weighted by molar-refractivity contribution is 5.75. The molecule has 0 fully saturated rings. The van der Waals surface area contributed by atoms with Crippen molar-refractivity contribution < 1.29 is 19.1 Å². The Bertz CT molecular complexity index is 243. The lowest BCUT2D eigenvalue weighted by Gasteiger charge is -2.14. The molecule has 0 N–H and O–H groups in total. The summed E-state index contributed by atoms with van der Waals surface area (Å²) in [6.45, 7) is 13.2. The zero-order valence-corrected chi connectivity index (χ0v) is 12.3. The van der Waals surface area contributed by atoms with E-state index in [1.807, 2.05) is 48.5 Å². The molecular weight excluding hydrogens is 220 g/mol. The van der Waals surface area contributed by atoms with Crippen LogP contribution < -0.4 is 0 Å². The van der Waals surface area contributed by atoms with E-state index in [0.717, 1.165) is 0 Å². The normalized spacial score (nSPS) is 11.1. The van der Waals surface area contributed by atoms with Gasteiger partial charge in [-0.2, -0.15) is 0 Å². The van der Waals surface area contributed by atoms with Crippen LogP contribution in [0.5, 0.6) is 0 Å². The maximum atomic E-state index is 10.8. The Hall–Kier alpha value is -1.06. The van der Waals surface area contributed by atoms with E-state index in [2.05, 4.69) is 4.74 Å². The van der Waals surface area contributed by atoms with E-state index >= 15 is 0 Å². The molecule has 0 rings (SSSR count). The van der Waals surface area contributed by atoms with E-state index in [9.17, 15) is 9.59 Å². The quantitative estimate of drug-likeness (QED) is 0.668. The number of carbonyl (C=O) groups is 2. The highest BCUT2D eigenvalue weighted by Crippen LogP contribution is 2.14. The van der Waals surface area contributed by atoms with Gasteiger partial charge in [-0.15, -0.1) is 0 Å². The fourth-order valence-corrected chi connectivity index (χ4v) is 0.654. The molecule has 102 valence electrons. The van der Waals surface area contributed by atoms with Crippen LogP contribution in [0.15, 0.2) is 0 Å². The third-order valence-electron chi connectivity index (χ3n) is 1.69. The number of rotatable bonds is 1. The molecule has 0 aromatic carbocycles. The SMILES string of the molecule is CCOC(=O)C(C)(C)C.COC(=O)C(C)(C)C. The molecule has 0 aliphatic rings. The maximum absolute atomic E-state index is 10.8. The average molecular weight is 246 g/mol. The molecular formula is C13H26O4. The summed E-state index contributed by atoms with van der Waals surface area (Å²) in [7, 11) is 1.40. The summed E-state index contributed by atoms with van der Waals surface area (Å²) in [4.78, 5) is 21.5. The first-order chi connectivity index (χ1) is 7.46. The highest BCUT2D eigenvalue weighted by atomic mass is 16.5. The van der Waals surface area contributed by atoms with Crippen molar-refractivity contribution in [1.29, 1.82) is 0 Å². The van der Waals surface area contributed by atoms with Crippen molar-refractivity contribution in [1.82, 2.24) is 0 Å². The predicted octanol–water partition coefficient (Wildman–Crippen LogP) is 2.80. The van der Waals surface area contributed by atoms with Gasteiger partial charge in [0.25, 0.3) is 0 Å². The molecule has 0 radical (unpaired) electrons. The number of methoxy groups -OCH3 is 1. The first-order valence-corrected chi connectivity index (χ1v) is 5.72. The third-order valence-corrected chi connectivity index (χ3v) is 1.69. The standard InChI is InChI=1S/C7H14O2.C6H12O2/c1-5-9-6(8)7(2,3)4;1-6(2,3)5(7)8-4/h5H2,1-4H3;1-4H3. The van der Waals surface area contributed by atoms with E-state index in [4.69, 9.17) is 4.74 Å². The summed E-state index contributed by atoms with van der Waals surface area (Å²) >= 11 is 0. The molecule has 0 saturated carbocycles. The van der Waals surface area contributed by atoms with Crippen LogP contribution in [0.25, 0.3) is 0 Å². The number of ether oxygens (including phenoxy) is 2. The first-order valence-electron chi connectivity index (χ1n) is 5.72. The molecule has 0 spiro atoms. The molecule has 0 amide bonds. The lowest BCUT2D eigenvalue weighted by molar-refractivity contribution is -0.152. The van der Waals surface area contributed by atoms with Gasteiger partial charge in [0.2, 0.25) is 0 Å². The van der Waals surface area contributed by atoms with Crippen LogP contribution >= 0.6 is 0 Å². The lowest BCUT2D eigenvalue weighted by atomic mass is 9.97. The zero-order valence-electron chi connectivity index (χ0n) is 12.3. The van der Waals surface area contributed by atoms with Gasteiger partial charge in [-0.05, 0) is 48.5 Å². The largest absolute Gasteiger partial charge is 0.469 e. The zero-order chi connectivity index (χ0) is 14.3. The maximum Gasteiger partial charge on any atom is 0.311 e. The summed E-state index contributed by atoms with van der Waals surface area (Å²) in [6.07, 6.45) is 0. The molecule has 4 heteroatoms. The summed E-state index contributed by atoms with van der Waals surface area (Å²) in [5, 5.41) is 0. The van der Waals surface area contributed by atoms with Gasteiger partial charge in [-0.25, -0.2) is 0 Å². The molecule has 0 aliphatic carbocycles. The van der Waals surface area contributed by atoms with Gasteiger partial charge in [0.05, 0.1) is 24.5 Å². The number of hydrogen-bond donors (Lipinski definition) is 0. The van der Waals surface area contributed by atoms with Crippen molar-refractivity contribution in [3.63, 3.8) is 0 Å². The Morgan fingerprint density at radius 3 is 1.29 bits per heavy atom. The summed E-state index contributed by atoms with van der Waals surface area (Å²) in [5.74, 6) is -0.303. The van der Waals surface area contributed by atoms with Crippen LogP contribution in [-0.4, -0.2) is 25.7 Å². The minimum atomic E-state index is -0.352. The van der Waals surface area contributed by atoms with Crippen LogP contribution in [0, 0.1) is 10.8 Å². The van der Waals surface area contributed by atoms with Crippen LogP contribution in [0.4, 0.5) is 0 Å². The monoisotopic (exact) mass is 246 g/mol. The first kappa shape index (κ1) is 18.3. The summed E-state index contributed by atoms with van der Waals surface area (Å²) < 4.78 is 9.24. The van der Waals surface area contributed by atoms with Crippen molar-refractivity contribution in [3.05, 3.63) is 0 Å². The summed E-state index contributed by atoms with van der Waals surface area (Å²) in [5.41, 5.74) is -0.704. The number of esters is 2. The van der Waals surface area contributed by atoms with E-state index in [1.54, 1.807) is 0 Å². The second-order valence-electron chi connectivity index (χ2n) is 5.71. The van der Waals surface area contributed by atoms with E-state index in [0.29, 0.717) is 6.61 Å². The van der Waals surface area contributed by atoms with Crippen molar-refractivity contribution >= 4 is 11.9 Å². The molecule has 0 atom stereocenters. The van der Waals surface area contributed by atoms with E-state index < -0.39 is 0 Å². The third kappa shape index (κ3) is 9.85. The molecule has 0 unspecified atom stereocenters. The highest BCUT2D eigenvalue weighted by Gasteiger charge is 2.22.